The van der Waals surface area contributed by atoms with Crippen molar-refractivity contribution in [2.45, 2.75) is 6.92 Å². The van der Waals surface area contributed by atoms with Gasteiger partial charge in [-0.1, -0.05) is 6.92 Å². The van der Waals surface area contributed by atoms with E-state index < -0.39 is 0 Å². The Balaban J connectivity index is 2.28. The summed E-state index contributed by atoms with van der Waals surface area (Å²) < 4.78 is 4.82. The van der Waals surface area contributed by atoms with Crippen molar-refractivity contribution in [3.05, 3.63) is 24.2 Å². The van der Waals surface area contributed by atoms with Crippen LogP contribution in [0, 0.1) is 5.92 Å². The molecule has 4 heteroatoms. The predicted molar refractivity (Wildman–Crippen MR) is 54.1 cm³/mol. The van der Waals surface area contributed by atoms with Crippen LogP contribution < -0.4 is 10.6 Å². The third-order valence-electron chi connectivity index (χ3n) is 1.95. The van der Waals surface area contributed by atoms with Crippen LogP contribution in [-0.4, -0.2) is 26.0 Å². The van der Waals surface area contributed by atoms with Crippen molar-refractivity contribution in [1.82, 2.24) is 10.6 Å². The molecule has 1 aromatic heterocycles. The molecule has 14 heavy (non-hydrogen) atoms. The van der Waals surface area contributed by atoms with Gasteiger partial charge in [0.15, 0.2) is 0 Å². The minimum Gasteiger partial charge on any atom is -0.472 e. The van der Waals surface area contributed by atoms with Gasteiger partial charge in [0, 0.05) is 6.54 Å². The number of furan rings is 1. The van der Waals surface area contributed by atoms with Crippen molar-refractivity contribution in [3.63, 3.8) is 0 Å². The Labute approximate surface area is 83.7 Å². The molecule has 0 aliphatic carbocycles. The first-order chi connectivity index (χ1) is 6.74. The second kappa shape index (κ2) is 5.44. The number of carbonyl (C=O) groups excluding carboxylic acids is 1. The third-order valence-corrected chi connectivity index (χ3v) is 1.95. The smallest absolute Gasteiger partial charge is 0.254 e. The second-order valence-corrected chi connectivity index (χ2v) is 3.38. The summed E-state index contributed by atoms with van der Waals surface area (Å²) >= 11 is 0. The highest BCUT2D eigenvalue weighted by atomic mass is 16.3. The van der Waals surface area contributed by atoms with Crippen molar-refractivity contribution in [2.24, 2.45) is 5.92 Å². The summed E-state index contributed by atoms with van der Waals surface area (Å²) in [6.07, 6.45) is 2.93. The average molecular weight is 196 g/mol. The zero-order valence-electron chi connectivity index (χ0n) is 8.54. The van der Waals surface area contributed by atoms with Gasteiger partial charge in [0.25, 0.3) is 5.91 Å². The summed E-state index contributed by atoms with van der Waals surface area (Å²) in [7, 11) is 1.90. The van der Waals surface area contributed by atoms with Crippen LogP contribution in [0.25, 0.3) is 0 Å². The molecule has 1 rings (SSSR count). The van der Waals surface area contributed by atoms with E-state index >= 15 is 0 Å². The Hall–Kier alpha value is -1.29. The minimum absolute atomic E-state index is 0.0818. The number of amides is 1. The lowest BCUT2D eigenvalue weighted by Gasteiger charge is -2.10. The normalized spacial score (nSPS) is 12.4. The van der Waals surface area contributed by atoms with Crippen molar-refractivity contribution >= 4 is 5.91 Å². The standard InChI is InChI=1S/C10H16N2O2/c1-8(5-11-2)6-12-10(13)9-3-4-14-7-9/h3-4,7-8,11H,5-6H2,1-2H3,(H,12,13). The molecule has 0 spiro atoms. The molecule has 0 fully saturated rings. The maximum absolute atomic E-state index is 11.4. The quantitative estimate of drug-likeness (QED) is 0.734. The Bertz CT molecular complexity index is 270. The molecule has 1 amide bonds. The predicted octanol–water partition coefficient (Wildman–Crippen LogP) is 0.865. The molecule has 1 heterocycles. The second-order valence-electron chi connectivity index (χ2n) is 3.38. The Kier molecular flexibility index (Phi) is 4.19. The zero-order valence-corrected chi connectivity index (χ0v) is 8.54. The highest BCUT2D eigenvalue weighted by Gasteiger charge is 2.07. The molecule has 0 aromatic carbocycles. The maximum Gasteiger partial charge on any atom is 0.254 e. The monoisotopic (exact) mass is 196 g/mol. The number of rotatable bonds is 5. The van der Waals surface area contributed by atoms with Gasteiger partial charge in [-0.3, -0.25) is 4.79 Å². The highest BCUT2D eigenvalue weighted by Crippen LogP contribution is 1.99. The van der Waals surface area contributed by atoms with Gasteiger partial charge in [0.2, 0.25) is 0 Å². The number of carbonyl (C=O) groups is 1. The SMILES string of the molecule is CNCC(C)CNC(=O)c1ccoc1. The molecular weight excluding hydrogens is 180 g/mol. The largest absolute Gasteiger partial charge is 0.472 e. The van der Waals surface area contributed by atoms with Crippen LogP contribution in [0.5, 0.6) is 0 Å². The molecule has 0 saturated carbocycles. The van der Waals surface area contributed by atoms with Gasteiger partial charge in [-0.05, 0) is 25.6 Å². The van der Waals surface area contributed by atoms with E-state index in [0.29, 0.717) is 18.0 Å². The first-order valence-electron chi connectivity index (χ1n) is 4.69. The van der Waals surface area contributed by atoms with E-state index in [2.05, 4.69) is 17.6 Å². The van der Waals surface area contributed by atoms with Gasteiger partial charge in [-0.15, -0.1) is 0 Å². The Morgan fingerprint density at radius 1 is 1.57 bits per heavy atom. The van der Waals surface area contributed by atoms with Crippen LogP contribution in [0.2, 0.25) is 0 Å². The van der Waals surface area contributed by atoms with E-state index in [1.807, 2.05) is 7.05 Å². The molecule has 0 radical (unpaired) electrons. The fourth-order valence-corrected chi connectivity index (χ4v) is 1.18. The summed E-state index contributed by atoms with van der Waals surface area (Å²) in [5.74, 6) is 0.345. The minimum atomic E-state index is -0.0818. The lowest BCUT2D eigenvalue weighted by atomic mass is 10.2. The molecule has 0 bridgehead atoms. The van der Waals surface area contributed by atoms with Crippen LogP contribution in [-0.2, 0) is 0 Å². The van der Waals surface area contributed by atoms with Crippen molar-refractivity contribution < 1.29 is 9.21 Å². The molecule has 1 atom stereocenters. The fraction of sp³-hybridized carbons (Fsp3) is 0.500. The highest BCUT2D eigenvalue weighted by molar-refractivity contribution is 5.93. The average Bonchev–Trinajstić information content (AvgIpc) is 2.67. The molecule has 2 N–H and O–H groups in total. The van der Waals surface area contributed by atoms with Gasteiger partial charge in [-0.2, -0.15) is 0 Å². The van der Waals surface area contributed by atoms with E-state index in [-0.39, 0.29) is 5.91 Å². The summed E-state index contributed by atoms with van der Waals surface area (Å²) in [5, 5.41) is 5.89. The first kappa shape index (κ1) is 10.8. The molecule has 0 aliphatic heterocycles. The zero-order chi connectivity index (χ0) is 10.4. The van der Waals surface area contributed by atoms with Gasteiger partial charge < -0.3 is 15.1 Å². The van der Waals surface area contributed by atoms with Gasteiger partial charge in [-0.25, -0.2) is 0 Å². The first-order valence-corrected chi connectivity index (χ1v) is 4.69. The van der Waals surface area contributed by atoms with Crippen LogP contribution in [0.1, 0.15) is 17.3 Å². The van der Waals surface area contributed by atoms with Crippen LogP contribution in [0.3, 0.4) is 0 Å². The fourth-order valence-electron chi connectivity index (χ4n) is 1.18. The van der Waals surface area contributed by atoms with Crippen molar-refractivity contribution in [3.8, 4) is 0 Å². The summed E-state index contributed by atoms with van der Waals surface area (Å²) in [5.41, 5.74) is 0.571. The molecule has 4 nitrogen and oxygen atoms in total. The summed E-state index contributed by atoms with van der Waals surface area (Å²) in [6, 6.07) is 1.65. The van der Waals surface area contributed by atoms with Crippen LogP contribution >= 0.6 is 0 Å². The number of hydrogen-bond acceptors (Lipinski definition) is 3. The lowest BCUT2D eigenvalue weighted by Crippen LogP contribution is -2.31. The number of nitrogens with one attached hydrogen (secondary N) is 2. The van der Waals surface area contributed by atoms with Crippen LogP contribution in [0.4, 0.5) is 0 Å². The molecule has 0 saturated heterocycles. The number of hydrogen-bond donors (Lipinski definition) is 2. The Morgan fingerprint density at radius 3 is 2.93 bits per heavy atom. The van der Waals surface area contributed by atoms with E-state index in [9.17, 15) is 4.79 Å². The molecule has 1 unspecified atom stereocenters. The van der Waals surface area contributed by atoms with Gasteiger partial charge >= 0.3 is 0 Å². The van der Waals surface area contributed by atoms with Crippen LogP contribution in [0.15, 0.2) is 23.0 Å². The van der Waals surface area contributed by atoms with E-state index in [4.69, 9.17) is 4.42 Å². The molecular formula is C10H16N2O2. The summed E-state index contributed by atoms with van der Waals surface area (Å²) in [6.45, 7) is 3.64. The van der Waals surface area contributed by atoms with E-state index in [1.165, 1.54) is 12.5 Å². The van der Waals surface area contributed by atoms with E-state index in [0.717, 1.165) is 6.54 Å². The maximum atomic E-state index is 11.4. The van der Waals surface area contributed by atoms with Gasteiger partial charge in [0.1, 0.15) is 6.26 Å². The Morgan fingerprint density at radius 2 is 2.36 bits per heavy atom. The van der Waals surface area contributed by atoms with Crippen molar-refractivity contribution in [2.75, 3.05) is 20.1 Å². The molecule has 78 valence electrons. The topological polar surface area (TPSA) is 54.3 Å². The summed E-state index contributed by atoms with van der Waals surface area (Å²) in [4.78, 5) is 11.4. The van der Waals surface area contributed by atoms with E-state index in [1.54, 1.807) is 6.07 Å². The van der Waals surface area contributed by atoms with Crippen molar-refractivity contribution in [1.29, 1.82) is 0 Å². The van der Waals surface area contributed by atoms with Gasteiger partial charge in [0.05, 0.1) is 11.8 Å². The lowest BCUT2D eigenvalue weighted by molar-refractivity contribution is 0.0947. The molecule has 1 aromatic rings. The third kappa shape index (κ3) is 3.22. The molecule has 0 aliphatic rings.